The number of para-hydroxylation sites is 1. The summed E-state index contributed by atoms with van der Waals surface area (Å²) < 4.78 is 2.18. The smallest absolute Gasteiger partial charge is 0.233 e. The van der Waals surface area contributed by atoms with E-state index in [2.05, 4.69) is 16.4 Å². The molecule has 1 saturated heterocycles. The number of hydrogen-bond acceptors (Lipinski definition) is 5. The molecule has 2 heterocycles. The van der Waals surface area contributed by atoms with Crippen molar-refractivity contribution in [2.45, 2.75) is 23.6 Å². The maximum absolute atomic E-state index is 12.4. The van der Waals surface area contributed by atoms with Gasteiger partial charge in [-0.2, -0.15) is 0 Å². The molecule has 1 amide bonds. The molecule has 3 rings (SSSR count). The van der Waals surface area contributed by atoms with Crippen LogP contribution in [0, 0.1) is 5.92 Å². The van der Waals surface area contributed by atoms with E-state index in [1.165, 1.54) is 11.1 Å². The van der Waals surface area contributed by atoms with E-state index in [1.54, 1.807) is 23.1 Å². The highest BCUT2D eigenvalue weighted by molar-refractivity contribution is 8.01. The second-order valence-electron chi connectivity index (χ2n) is 5.95. The Morgan fingerprint density at radius 2 is 2.17 bits per heavy atom. The van der Waals surface area contributed by atoms with Crippen LogP contribution in [-0.4, -0.2) is 48.2 Å². The number of amides is 1. The molecule has 23 heavy (non-hydrogen) atoms. The summed E-state index contributed by atoms with van der Waals surface area (Å²) in [6, 6.07) is 8.13. The zero-order valence-electron chi connectivity index (χ0n) is 13.5. The average molecular weight is 350 g/mol. The SMILES string of the molecule is CNCCC1CCN(C(=O)CSc2nc3ccccc3s2)CC1. The van der Waals surface area contributed by atoms with Crippen molar-refractivity contribution in [2.24, 2.45) is 5.92 Å². The number of hydrogen-bond donors (Lipinski definition) is 1. The lowest BCUT2D eigenvalue weighted by Crippen LogP contribution is -2.39. The van der Waals surface area contributed by atoms with Crippen LogP contribution in [-0.2, 0) is 4.79 Å². The second kappa shape index (κ2) is 8.13. The zero-order valence-corrected chi connectivity index (χ0v) is 15.1. The predicted molar refractivity (Wildman–Crippen MR) is 98.2 cm³/mol. The molecule has 4 nitrogen and oxygen atoms in total. The van der Waals surface area contributed by atoms with Gasteiger partial charge in [0.15, 0.2) is 4.34 Å². The Balaban J connectivity index is 1.46. The first-order chi connectivity index (χ1) is 11.3. The number of nitrogens with zero attached hydrogens (tertiary/aromatic N) is 2. The maximum Gasteiger partial charge on any atom is 0.233 e. The Hall–Kier alpha value is -1.11. The fourth-order valence-electron chi connectivity index (χ4n) is 2.95. The molecule has 1 aromatic heterocycles. The van der Waals surface area contributed by atoms with Gasteiger partial charge in [0.2, 0.25) is 5.91 Å². The van der Waals surface area contributed by atoms with E-state index in [0.717, 1.165) is 48.3 Å². The molecule has 0 atom stereocenters. The summed E-state index contributed by atoms with van der Waals surface area (Å²) in [6.07, 6.45) is 3.50. The molecule has 0 saturated carbocycles. The number of thioether (sulfide) groups is 1. The molecule has 1 aromatic carbocycles. The van der Waals surface area contributed by atoms with Gasteiger partial charge in [-0.1, -0.05) is 23.9 Å². The topological polar surface area (TPSA) is 45.2 Å². The van der Waals surface area contributed by atoms with Crippen LogP contribution in [0.5, 0.6) is 0 Å². The van der Waals surface area contributed by atoms with Crippen LogP contribution in [0.1, 0.15) is 19.3 Å². The van der Waals surface area contributed by atoms with Gasteiger partial charge in [-0.25, -0.2) is 4.98 Å². The first-order valence-electron chi connectivity index (χ1n) is 8.17. The van der Waals surface area contributed by atoms with Crippen molar-refractivity contribution in [1.82, 2.24) is 15.2 Å². The summed E-state index contributed by atoms with van der Waals surface area (Å²) in [5.74, 6) is 1.52. The third-order valence-corrected chi connectivity index (χ3v) is 6.53. The van der Waals surface area contributed by atoms with E-state index >= 15 is 0 Å². The van der Waals surface area contributed by atoms with Gasteiger partial charge < -0.3 is 10.2 Å². The normalized spacial score (nSPS) is 16.1. The lowest BCUT2D eigenvalue weighted by molar-refractivity contribution is -0.129. The molecule has 0 aliphatic carbocycles. The molecule has 6 heteroatoms. The first kappa shape index (κ1) is 16.7. The number of piperidine rings is 1. The van der Waals surface area contributed by atoms with Crippen molar-refractivity contribution in [2.75, 3.05) is 32.4 Å². The van der Waals surface area contributed by atoms with Crippen LogP contribution in [0.15, 0.2) is 28.6 Å². The Kier molecular flexibility index (Phi) is 5.91. The molecular formula is C17H23N3OS2. The number of fused-ring (bicyclic) bond motifs is 1. The number of nitrogens with one attached hydrogen (secondary N) is 1. The summed E-state index contributed by atoms with van der Waals surface area (Å²) in [6.45, 7) is 2.90. The minimum Gasteiger partial charge on any atom is -0.342 e. The molecule has 0 unspecified atom stereocenters. The molecule has 0 spiro atoms. The van der Waals surface area contributed by atoms with Gasteiger partial charge >= 0.3 is 0 Å². The highest BCUT2D eigenvalue weighted by Gasteiger charge is 2.22. The van der Waals surface area contributed by atoms with Crippen molar-refractivity contribution in [1.29, 1.82) is 0 Å². The molecule has 124 valence electrons. The van der Waals surface area contributed by atoms with Crippen molar-refractivity contribution < 1.29 is 4.79 Å². The van der Waals surface area contributed by atoms with Gasteiger partial charge in [-0.15, -0.1) is 11.3 Å². The highest BCUT2D eigenvalue weighted by Crippen LogP contribution is 2.29. The summed E-state index contributed by atoms with van der Waals surface area (Å²) >= 11 is 3.24. The Morgan fingerprint density at radius 1 is 1.39 bits per heavy atom. The Morgan fingerprint density at radius 3 is 2.91 bits per heavy atom. The van der Waals surface area contributed by atoms with E-state index < -0.39 is 0 Å². The Bertz CT molecular complexity index is 617. The number of likely N-dealkylation sites (tertiary alicyclic amines) is 1. The van der Waals surface area contributed by atoms with Crippen LogP contribution < -0.4 is 5.32 Å². The molecule has 1 N–H and O–H groups in total. The van der Waals surface area contributed by atoms with Crippen molar-refractivity contribution in [3.8, 4) is 0 Å². The standard InChI is InChI=1S/C17H23N3OS2/c1-18-9-6-13-7-10-20(11-8-13)16(21)12-22-17-19-14-4-2-3-5-15(14)23-17/h2-5,13,18H,6-12H2,1H3. The van der Waals surface area contributed by atoms with E-state index in [9.17, 15) is 4.79 Å². The number of aromatic nitrogens is 1. The van der Waals surface area contributed by atoms with Crippen LogP contribution in [0.3, 0.4) is 0 Å². The summed E-state index contributed by atoms with van der Waals surface area (Å²) in [7, 11) is 2.00. The predicted octanol–water partition coefficient (Wildman–Crippen LogP) is 3.24. The van der Waals surface area contributed by atoms with E-state index in [4.69, 9.17) is 0 Å². The molecule has 0 bridgehead atoms. The quantitative estimate of drug-likeness (QED) is 0.813. The second-order valence-corrected chi connectivity index (χ2v) is 8.21. The largest absolute Gasteiger partial charge is 0.342 e. The van der Waals surface area contributed by atoms with E-state index in [0.29, 0.717) is 5.75 Å². The monoisotopic (exact) mass is 349 g/mol. The van der Waals surface area contributed by atoms with Crippen LogP contribution >= 0.6 is 23.1 Å². The summed E-state index contributed by atoms with van der Waals surface area (Å²) in [5.41, 5.74) is 1.03. The molecule has 1 aliphatic rings. The molecule has 0 radical (unpaired) electrons. The fraction of sp³-hybridized carbons (Fsp3) is 0.529. The van der Waals surface area contributed by atoms with Gasteiger partial charge in [0.25, 0.3) is 0 Å². The fourth-order valence-corrected chi connectivity index (χ4v) is 4.92. The van der Waals surface area contributed by atoms with Gasteiger partial charge in [-0.05, 0) is 50.9 Å². The van der Waals surface area contributed by atoms with E-state index in [-0.39, 0.29) is 5.91 Å². The third kappa shape index (κ3) is 4.46. The van der Waals surface area contributed by atoms with Gasteiger partial charge in [0.1, 0.15) is 0 Å². The minimum absolute atomic E-state index is 0.251. The number of rotatable bonds is 6. The van der Waals surface area contributed by atoms with Crippen LogP contribution in [0.25, 0.3) is 10.2 Å². The Labute approximate surface area is 145 Å². The summed E-state index contributed by atoms with van der Waals surface area (Å²) in [4.78, 5) is 19.0. The summed E-state index contributed by atoms with van der Waals surface area (Å²) in [5, 5.41) is 3.21. The van der Waals surface area contributed by atoms with Crippen LogP contribution in [0.4, 0.5) is 0 Å². The zero-order chi connectivity index (χ0) is 16.1. The molecular weight excluding hydrogens is 326 g/mol. The number of carbonyl (C=O) groups excluding carboxylic acids is 1. The number of carbonyl (C=O) groups is 1. The molecule has 1 aliphatic heterocycles. The van der Waals surface area contributed by atoms with Crippen molar-refractivity contribution in [3.63, 3.8) is 0 Å². The van der Waals surface area contributed by atoms with Crippen LogP contribution in [0.2, 0.25) is 0 Å². The highest BCUT2D eigenvalue weighted by atomic mass is 32.2. The maximum atomic E-state index is 12.4. The lowest BCUT2D eigenvalue weighted by atomic mass is 9.93. The van der Waals surface area contributed by atoms with Gasteiger partial charge in [0.05, 0.1) is 16.0 Å². The number of benzene rings is 1. The minimum atomic E-state index is 0.251. The van der Waals surface area contributed by atoms with Gasteiger partial charge in [-0.3, -0.25) is 4.79 Å². The van der Waals surface area contributed by atoms with Crippen molar-refractivity contribution in [3.05, 3.63) is 24.3 Å². The lowest BCUT2D eigenvalue weighted by Gasteiger charge is -2.32. The van der Waals surface area contributed by atoms with Crippen molar-refractivity contribution >= 4 is 39.2 Å². The third-order valence-electron chi connectivity index (χ3n) is 4.36. The molecule has 1 fully saturated rings. The molecule has 2 aromatic rings. The average Bonchev–Trinajstić information content (AvgIpc) is 3.01. The van der Waals surface area contributed by atoms with E-state index in [1.807, 2.05) is 30.1 Å². The van der Waals surface area contributed by atoms with Gasteiger partial charge in [0, 0.05) is 13.1 Å². The first-order valence-corrected chi connectivity index (χ1v) is 9.97. The number of thiazole rings is 1.